The highest BCUT2D eigenvalue weighted by atomic mass is 16.5. The minimum Gasteiger partial charge on any atom is -0.508 e. The largest absolute Gasteiger partial charge is 0.508 e. The lowest BCUT2D eigenvalue weighted by Crippen LogP contribution is -2.29. The van der Waals surface area contributed by atoms with Crippen LogP contribution in [0.15, 0.2) is 78.9 Å². The summed E-state index contributed by atoms with van der Waals surface area (Å²) in [5.41, 5.74) is 1.95. The van der Waals surface area contributed by atoms with Crippen LogP contribution in [0.3, 0.4) is 0 Å². The molecule has 32 heavy (non-hydrogen) atoms. The predicted molar refractivity (Wildman–Crippen MR) is 128 cm³/mol. The Bertz CT molecular complexity index is 929. The Morgan fingerprint density at radius 3 is 2.12 bits per heavy atom. The normalized spacial score (nSPS) is 10.6. The van der Waals surface area contributed by atoms with Gasteiger partial charge >= 0.3 is 0 Å². The molecular weight excluding hydrogens is 402 g/mol. The van der Waals surface area contributed by atoms with Crippen molar-refractivity contribution in [2.75, 3.05) is 31.5 Å². The smallest absolute Gasteiger partial charge is 0.238 e. The lowest BCUT2D eigenvalue weighted by atomic mass is 10.1. The number of hydrogen-bond donors (Lipinski definition) is 4. The molecule has 0 radical (unpaired) electrons. The van der Waals surface area contributed by atoms with E-state index < -0.39 is 0 Å². The number of unbranched alkanes of at least 4 members (excludes halogenated alkanes) is 1. The monoisotopic (exact) mass is 433 g/mol. The van der Waals surface area contributed by atoms with Crippen LogP contribution in [-0.4, -0.2) is 37.2 Å². The summed E-state index contributed by atoms with van der Waals surface area (Å²) in [7, 11) is 0. The van der Waals surface area contributed by atoms with Gasteiger partial charge in [-0.2, -0.15) is 0 Å². The first-order chi connectivity index (χ1) is 15.7. The van der Waals surface area contributed by atoms with Crippen molar-refractivity contribution in [1.82, 2.24) is 10.6 Å². The molecule has 0 bridgehead atoms. The van der Waals surface area contributed by atoms with Crippen molar-refractivity contribution in [3.8, 4) is 17.2 Å². The van der Waals surface area contributed by atoms with Gasteiger partial charge < -0.3 is 25.8 Å². The Kier molecular flexibility index (Phi) is 9.58. The Morgan fingerprint density at radius 1 is 0.750 bits per heavy atom. The molecule has 6 heteroatoms. The molecule has 0 aliphatic heterocycles. The van der Waals surface area contributed by atoms with E-state index >= 15 is 0 Å². The van der Waals surface area contributed by atoms with Crippen LogP contribution >= 0.6 is 0 Å². The van der Waals surface area contributed by atoms with E-state index in [-0.39, 0.29) is 12.5 Å². The molecule has 0 heterocycles. The molecule has 6 nitrogen and oxygen atoms in total. The molecule has 0 atom stereocenters. The molecule has 0 aromatic heterocycles. The Balaban J connectivity index is 1.20. The number of benzene rings is 3. The predicted octanol–water partition coefficient (Wildman–Crippen LogP) is 4.33. The fourth-order valence-corrected chi connectivity index (χ4v) is 3.16. The third kappa shape index (κ3) is 8.79. The third-order valence-corrected chi connectivity index (χ3v) is 4.89. The van der Waals surface area contributed by atoms with Gasteiger partial charge in [0.25, 0.3) is 0 Å². The zero-order valence-corrected chi connectivity index (χ0v) is 18.2. The molecule has 0 spiro atoms. The summed E-state index contributed by atoms with van der Waals surface area (Å²) in [5.74, 6) is 1.74. The van der Waals surface area contributed by atoms with Crippen LogP contribution in [0.2, 0.25) is 0 Å². The van der Waals surface area contributed by atoms with Gasteiger partial charge in [-0.25, -0.2) is 0 Å². The number of anilines is 1. The lowest BCUT2D eigenvalue weighted by Gasteiger charge is -2.09. The van der Waals surface area contributed by atoms with Crippen molar-refractivity contribution in [2.24, 2.45) is 0 Å². The summed E-state index contributed by atoms with van der Waals surface area (Å²) in [4.78, 5) is 12.1. The summed E-state index contributed by atoms with van der Waals surface area (Å²) in [6.45, 7) is 2.95. The number of ether oxygens (including phenoxy) is 1. The molecule has 0 saturated carbocycles. The number of phenols is 1. The van der Waals surface area contributed by atoms with Gasteiger partial charge in [0.2, 0.25) is 5.91 Å². The second-order valence-electron chi connectivity index (χ2n) is 7.54. The van der Waals surface area contributed by atoms with Crippen molar-refractivity contribution < 1.29 is 14.6 Å². The maximum Gasteiger partial charge on any atom is 0.238 e. The van der Waals surface area contributed by atoms with Gasteiger partial charge in [-0.1, -0.05) is 30.3 Å². The standard InChI is InChI=1S/C26H31N3O3/c30-23-12-8-21(9-13-23)16-19-27-17-4-5-18-28-20-26(31)29-22-10-14-25(15-11-22)32-24-6-2-1-3-7-24/h1-3,6-15,27-28,30H,4-5,16-20H2,(H,29,31). The molecule has 3 aromatic rings. The van der Waals surface area contributed by atoms with Gasteiger partial charge in [0.15, 0.2) is 0 Å². The Labute approximate surface area is 189 Å². The second kappa shape index (κ2) is 13.1. The number of rotatable bonds is 13. The number of para-hydroxylation sites is 1. The van der Waals surface area contributed by atoms with Crippen LogP contribution in [0.4, 0.5) is 5.69 Å². The van der Waals surface area contributed by atoms with Crippen molar-refractivity contribution in [3.63, 3.8) is 0 Å². The highest BCUT2D eigenvalue weighted by Gasteiger charge is 2.03. The van der Waals surface area contributed by atoms with Crippen LogP contribution in [0.5, 0.6) is 17.2 Å². The SMILES string of the molecule is O=C(CNCCCCNCCc1ccc(O)cc1)Nc1ccc(Oc2ccccc2)cc1. The summed E-state index contributed by atoms with van der Waals surface area (Å²) in [5, 5.41) is 18.8. The van der Waals surface area contributed by atoms with Gasteiger partial charge in [-0.15, -0.1) is 0 Å². The van der Waals surface area contributed by atoms with E-state index in [4.69, 9.17) is 4.74 Å². The highest BCUT2D eigenvalue weighted by Crippen LogP contribution is 2.22. The van der Waals surface area contributed by atoms with Gasteiger partial charge in [0.05, 0.1) is 6.54 Å². The first-order valence-electron chi connectivity index (χ1n) is 11.0. The summed E-state index contributed by atoms with van der Waals surface area (Å²) in [6.07, 6.45) is 3.00. The fourth-order valence-electron chi connectivity index (χ4n) is 3.16. The number of amides is 1. The van der Waals surface area contributed by atoms with Gasteiger partial charge in [-0.3, -0.25) is 4.79 Å². The first kappa shape index (κ1) is 23.3. The Hall–Kier alpha value is -3.35. The van der Waals surface area contributed by atoms with Gasteiger partial charge in [-0.05, 0) is 93.0 Å². The van der Waals surface area contributed by atoms with E-state index in [2.05, 4.69) is 16.0 Å². The zero-order chi connectivity index (χ0) is 22.4. The fraction of sp³-hybridized carbons (Fsp3) is 0.269. The van der Waals surface area contributed by atoms with E-state index in [0.29, 0.717) is 5.75 Å². The van der Waals surface area contributed by atoms with Crippen LogP contribution in [0.1, 0.15) is 18.4 Å². The van der Waals surface area contributed by atoms with E-state index in [1.165, 1.54) is 5.56 Å². The molecule has 0 aliphatic carbocycles. The number of carbonyl (C=O) groups excluding carboxylic acids is 1. The van der Waals surface area contributed by atoms with Crippen LogP contribution in [0.25, 0.3) is 0 Å². The van der Waals surface area contributed by atoms with E-state index in [1.807, 2.05) is 66.7 Å². The third-order valence-electron chi connectivity index (χ3n) is 4.89. The zero-order valence-electron chi connectivity index (χ0n) is 18.2. The minimum absolute atomic E-state index is 0.0613. The van der Waals surface area contributed by atoms with Crippen molar-refractivity contribution in [1.29, 1.82) is 0 Å². The number of hydrogen-bond acceptors (Lipinski definition) is 5. The maximum absolute atomic E-state index is 12.1. The molecule has 1 amide bonds. The summed E-state index contributed by atoms with van der Waals surface area (Å²) >= 11 is 0. The molecule has 3 rings (SSSR count). The second-order valence-corrected chi connectivity index (χ2v) is 7.54. The molecule has 0 unspecified atom stereocenters. The van der Waals surface area contributed by atoms with Crippen molar-refractivity contribution >= 4 is 11.6 Å². The molecule has 0 fully saturated rings. The molecular formula is C26H31N3O3. The van der Waals surface area contributed by atoms with E-state index in [1.54, 1.807) is 12.1 Å². The van der Waals surface area contributed by atoms with Crippen molar-refractivity contribution in [3.05, 3.63) is 84.4 Å². The van der Waals surface area contributed by atoms with Gasteiger partial charge in [0.1, 0.15) is 17.2 Å². The molecule has 3 aromatic carbocycles. The minimum atomic E-state index is -0.0613. The lowest BCUT2D eigenvalue weighted by molar-refractivity contribution is -0.115. The number of aromatic hydroxyl groups is 1. The summed E-state index contributed by atoms with van der Waals surface area (Å²) in [6, 6.07) is 24.2. The number of carbonyl (C=O) groups is 1. The summed E-state index contributed by atoms with van der Waals surface area (Å²) < 4.78 is 5.75. The van der Waals surface area contributed by atoms with Crippen LogP contribution in [-0.2, 0) is 11.2 Å². The molecule has 0 aliphatic rings. The topological polar surface area (TPSA) is 82.6 Å². The van der Waals surface area contributed by atoms with Crippen LogP contribution < -0.4 is 20.7 Å². The Morgan fingerprint density at radius 2 is 1.41 bits per heavy atom. The van der Waals surface area contributed by atoms with E-state index in [0.717, 1.165) is 56.1 Å². The van der Waals surface area contributed by atoms with E-state index in [9.17, 15) is 9.90 Å². The highest BCUT2D eigenvalue weighted by molar-refractivity contribution is 5.92. The van der Waals surface area contributed by atoms with Crippen molar-refractivity contribution in [2.45, 2.75) is 19.3 Å². The number of nitrogens with one attached hydrogen (secondary N) is 3. The quantitative estimate of drug-likeness (QED) is 0.302. The maximum atomic E-state index is 12.1. The molecule has 0 saturated heterocycles. The number of phenolic OH excluding ortho intramolecular Hbond substituents is 1. The average Bonchev–Trinajstić information content (AvgIpc) is 2.81. The molecule has 168 valence electrons. The average molecular weight is 434 g/mol. The first-order valence-corrected chi connectivity index (χ1v) is 11.0. The van der Waals surface area contributed by atoms with Gasteiger partial charge in [0, 0.05) is 5.69 Å². The molecule has 4 N–H and O–H groups in total. The van der Waals surface area contributed by atoms with Crippen LogP contribution in [0, 0.1) is 0 Å².